The Labute approximate surface area is 178 Å². The van der Waals surface area contributed by atoms with Gasteiger partial charge in [-0.05, 0) is 33.6 Å². The molecular weight excluding hydrogens is 394 g/mol. The van der Waals surface area contributed by atoms with Crippen molar-refractivity contribution >= 4 is 11.7 Å². The van der Waals surface area contributed by atoms with E-state index in [4.69, 9.17) is 4.74 Å². The first-order valence-corrected chi connectivity index (χ1v) is 10.5. The molecule has 0 aromatic heterocycles. The Balaban J connectivity index is 3.50. The van der Waals surface area contributed by atoms with E-state index in [0.717, 1.165) is 0 Å². The van der Waals surface area contributed by atoms with Gasteiger partial charge in [-0.15, -0.1) is 0 Å². The van der Waals surface area contributed by atoms with Crippen LogP contribution >= 0.6 is 0 Å². The molecule has 9 heteroatoms. The van der Waals surface area contributed by atoms with E-state index >= 15 is 0 Å². The fraction of sp³-hybridized carbons (Fsp3) is 0.905. The predicted octanol–water partition coefficient (Wildman–Crippen LogP) is 0.671. The Morgan fingerprint density at radius 3 is 2.03 bits per heavy atom. The monoisotopic (exact) mass is 433 g/mol. The molecule has 0 unspecified atom stereocenters. The molecule has 0 radical (unpaired) electrons. The van der Waals surface area contributed by atoms with Crippen molar-refractivity contribution in [3.8, 4) is 0 Å². The third kappa shape index (κ3) is 5.31. The molecule has 30 heavy (non-hydrogen) atoms. The summed E-state index contributed by atoms with van der Waals surface area (Å²) in [6.07, 6.45) is -5.11. The number of carbonyl (C=O) groups excluding carboxylic acids is 1. The van der Waals surface area contributed by atoms with Gasteiger partial charge < -0.3 is 35.5 Å². The molecule has 0 bridgehead atoms. The number of cyclic esters (lactones) is 1. The maximum Gasteiger partial charge on any atom is 0.311 e. The molecule has 10 atom stereocenters. The van der Waals surface area contributed by atoms with E-state index in [1.165, 1.54) is 27.7 Å². The minimum absolute atomic E-state index is 0.0418. The maximum atomic E-state index is 12.6. The lowest BCUT2D eigenvalue weighted by atomic mass is 9.74. The number of hydrogen-bond acceptors (Lipinski definition) is 9. The Kier molecular flexibility index (Phi) is 8.84. The summed E-state index contributed by atoms with van der Waals surface area (Å²) >= 11 is 0. The van der Waals surface area contributed by atoms with Crippen molar-refractivity contribution in [1.82, 2.24) is 0 Å². The zero-order valence-electron chi connectivity index (χ0n) is 19.0. The van der Waals surface area contributed by atoms with Crippen molar-refractivity contribution < 1.29 is 40.3 Å². The molecule has 9 nitrogen and oxygen atoms in total. The summed E-state index contributed by atoms with van der Waals surface area (Å²) in [4.78, 5) is 12.6. The summed E-state index contributed by atoms with van der Waals surface area (Å²) in [5.41, 5.74) is -3.44. The molecular formula is C21H39NO8. The Morgan fingerprint density at radius 1 is 1.03 bits per heavy atom. The number of esters is 1. The normalized spacial score (nSPS) is 48.8. The summed E-state index contributed by atoms with van der Waals surface area (Å²) in [6, 6.07) is 0. The van der Waals surface area contributed by atoms with Crippen molar-refractivity contribution in [3.05, 3.63) is 0 Å². The van der Waals surface area contributed by atoms with Crippen LogP contribution in [0.4, 0.5) is 0 Å². The second-order valence-corrected chi connectivity index (χ2v) is 9.36. The number of oxime groups is 1. The van der Waals surface area contributed by atoms with E-state index in [1.807, 2.05) is 0 Å². The van der Waals surface area contributed by atoms with Gasteiger partial charge in [0, 0.05) is 17.8 Å². The maximum absolute atomic E-state index is 12.6. The van der Waals surface area contributed by atoms with Gasteiger partial charge in [0.15, 0.2) is 0 Å². The van der Waals surface area contributed by atoms with Gasteiger partial charge in [-0.1, -0.05) is 32.9 Å². The van der Waals surface area contributed by atoms with Crippen LogP contribution in [-0.2, 0) is 9.53 Å². The highest BCUT2D eigenvalue weighted by Crippen LogP contribution is 2.34. The molecule has 176 valence electrons. The molecule has 0 aromatic rings. The van der Waals surface area contributed by atoms with Crippen molar-refractivity contribution in [3.63, 3.8) is 0 Å². The Morgan fingerprint density at radius 2 is 1.57 bits per heavy atom. The van der Waals surface area contributed by atoms with E-state index in [2.05, 4.69) is 5.16 Å². The lowest BCUT2D eigenvalue weighted by Gasteiger charge is -2.42. The van der Waals surface area contributed by atoms with Gasteiger partial charge in [0.2, 0.25) is 0 Å². The number of aliphatic hydroxyl groups is 5. The fourth-order valence-corrected chi connectivity index (χ4v) is 4.55. The zero-order chi connectivity index (χ0) is 23.6. The second kappa shape index (κ2) is 9.91. The molecule has 0 spiro atoms. The average Bonchev–Trinajstić information content (AvgIpc) is 2.67. The minimum atomic E-state index is -1.87. The fourth-order valence-electron chi connectivity index (χ4n) is 4.55. The van der Waals surface area contributed by atoms with Crippen molar-refractivity contribution in [1.29, 1.82) is 0 Å². The van der Waals surface area contributed by atoms with Gasteiger partial charge in [0.1, 0.15) is 11.7 Å². The minimum Gasteiger partial charge on any atom is -0.459 e. The highest BCUT2D eigenvalue weighted by Gasteiger charge is 2.48. The van der Waals surface area contributed by atoms with Crippen molar-refractivity contribution in [2.24, 2.45) is 28.8 Å². The second-order valence-electron chi connectivity index (χ2n) is 9.36. The molecule has 1 fully saturated rings. The molecule has 1 aliphatic heterocycles. The number of ether oxygens (including phenoxy) is 1. The number of carbonyl (C=O) groups is 1. The summed E-state index contributed by atoms with van der Waals surface area (Å²) < 4.78 is 5.44. The van der Waals surface area contributed by atoms with Crippen LogP contribution in [0, 0.1) is 23.7 Å². The quantitative estimate of drug-likeness (QED) is 0.200. The topological polar surface area (TPSA) is 160 Å². The molecule has 1 heterocycles. The van der Waals surface area contributed by atoms with E-state index in [1.54, 1.807) is 20.8 Å². The third-order valence-electron chi connectivity index (χ3n) is 6.72. The van der Waals surface area contributed by atoms with Crippen LogP contribution in [0.15, 0.2) is 5.16 Å². The molecule has 0 aromatic carbocycles. The summed E-state index contributed by atoms with van der Waals surface area (Å²) in [6.45, 7) is 10.6. The first kappa shape index (κ1) is 26.8. The van der Waals surface area contributed by atoms with Crippen molar-refractivity contribution in [2.45, 2.75) is 96.9 Å². The highest BCUT2D eigenvalue weighted by atomic mass is 16.6. The predicted molar refractivity (Wildman–Crippen MR) is 110 cm³/mol. The smallest absolute Gasteiger partial charge is 0.311 e. The molecule has 1 rings (SSSR count). The summed E-state index contributed by atoms with van der Waals surface area (Å²) in [5.74, 6) is -4.14. The first-order chi connectivity index (χ1) is 13.6. The largest absolute Gasteiger partial charge is 0.459 e. The van der Waals surface area contributed by atoms with Gasteiger partial charge in [-0.2, -0.15) is 0 Å². The molecule has 1 aliphatic rings. The summed E-state index contributed by atoms with van der Waals surface area (Å²) in [5, 5.41) is 67.0. The molecule has 0 saturated carbocycles. The van der Waals surface area contributed by atoms with Gasteiger partial charge in [0.05, 0.1) is 35.5 Å². The van der Waals surface area contributed by atoms with Crippen LogP contribution in [0.1, 0.15) is 61.3 Å². The lowest BCUT2D eigenvalue weighted by Crippen LogP contribution is -2.57. The van der Waals surface area contributed by atoms with Gasteiger partial charge in [-0.25, -0.2) is 0 Å². The van der Waals surface area contributed by atoms with Crippen LogP contribution in [0.5, 0.6) is 0 Å². The Hall–Kier alpha value is -1.26. The van der Waals surface area contributed by atoms with Crippen LogP contribution in [-0.4, -0.2) is 78.0 Å². The lowest BCUT2D eigenvalue weighted by molar-refractivity contribution is -0.191. The zero-order valence-corrected chi connectivity index (χ0v) is 19.0. The molecule has 6 N–H and O–H groups in total. The van der Waals surface area contributed by atoms with Crippen LogP contribution in [0.3, 0.4) is 0 Å². The SMILES string of the molecule is CC[C@@H]1OC(=O)[C@H](C)[C@H](O)[C@H](C)[C@H](O)[C@](C)(O)C[C@H](C)/C(=N/O)[C@H](C)[C@@H](O)[C@]1(C)O. The van der Waals surface area contributed by atoms with Gasteiger partial charge in [-0.3, -0.25) is 4.79 Å². The molecule has 1 saturated heterocycles. The standard InChI is InChI=1S/C21H39NO8/c1-8-14-21(7,28)18(25)11(3)15(22-29)10(2)9-20(6,27)17(24)12(4)16(23)13(5)19(26)30-14/h10-14,16-18,23-25,27-29H,8-9H2,1-7H3/b22-15-/t10-,11-,12-,13+,14-,16+,17-,18+,20+,21+/m0/s1. The van der Waals surface area contributed by atoms with Crippen molar-refractivity contribution in [2.75, 3.05) is 0 Å². The molecule has 0 aliphatic carbocycles. The van der Waals surface area contributed by atoms with Crippen LogP contribution < -0.4 is 0 Å². The number of aliphatic hydroxyl groups excluding tert-OH is 3. The average molecular weight is 434 g/mol. The number of nitrogens with zero attached hydrogens (tertiary/aromatic N) is 1. The van der Waals surface area contributed by atoms with E-state index in [0.29, 0.717) is 0 Å². The van der Waals surface area contributed by atoms with Crippen LogP contribution in [0.2, 0.25) is 0 Å². The van der Waals surface area contributed by atoms with Crippen LogP contribution in [0.25, 0.3) is 0 Å². The third-order valence-corrected chi connectivity index (χ3v) is 6.72. The number of hydrogen-bond donors (Lipinski definition) is 6. The van der Waals surface area contributed by atoms with Gasteiger partial charge in [0.25, 0.3) is 0 Å². The molecule has 0 amide bonds. The van der Waals surface area contributed by atoms with E-state index < -0.39 is 65.3 Å². The Bertz CT molecular complexity index is 620. The summed E-state index contributed by atoms with van der Waals surface area (Å²) in [7, 11) is 0. The first-order valence-electron chi connectivity index (χ1n) is 10.5. The van der Waals surface area contributed by atoms with Gasteiger partial charge >= 0.3 is 5.97 Å². The highest BCUT2D eigenvalue weighted by molar-refractivity contribution is 5.88. The number of rotatable bonds is 1. The van der Waals surface area contributed by atoms with E-state index in [-0.39, 0.29) is 18.6 Å². The van der Waals surface area contributed by atoms with E-state index in [9.17, 15) is 35.5 Å².